The quantitative estimate of drug-likeness (QED) is 0.927. The molecule has 0 radical (unpaired) electrons. The fraction of sp³-hybridized carbons (Fsp3) is 0.500. The second kappa shape index (κ2) is 5.77. The summed E-state index contributed by atoms with van der Waals surface area (Å²) in [4.78, 5) is 4.47. The van der Waals surface area contributed by atoms with Gasteiger partial charge >= 0.3 is 0 Å². The van der Waals surface area contributed by atoms with Crippen molar-refractivity contribution in [3.63, 3.8) is 0 Å². The van der Waals surface area contributed by atoms with E-state index >= 15 is 0 Å². The van der Waals surface area contributed by atoms with Gasteiger partial charge in [-0.3, -0.25) is 4.99 Å². The average molecular weight is 310 g/mol. The highest BCUT2D eigenvalue weighted by atomic mass is 32.2. The minimum Gasteiger partial charge on any atom is -0.357 e. The number of thioether (sulfide) groups is 1. The Labute approximate surface area is 124 Å². The number of hydrogen-bond donors (Lipinski definition) is 1. The molecule has 2 aliphatic rings. The van der Waals surface area contributed by atoms with E-state index in [0.29, 0.717) is 12.3 Å². The first-order chi connectivity index (χ1) is 9.65. The van der Waals surface area contributed by atoms with Crippen LogP contribution >= 0.6 is 11.8 Å². The minimum absolute atomic E-state index is 0.270. The highest BCUT2D eigenvalue weighted by Gasteiger charge is 2.31. The molecule has 0 saturated carbocycles. The molecule has 108 valence electrons. The third kappa shape index (κ3) is 3.01. The van der Waals surface area contributed by atoms with Crippen LogP contribution < -0.4 is 5.32 Å². The summed E-state index contributed by atoms with van der Waals surface area (Å²) in [6.45, 7) is 0.402. The molecule has 20 heavy (non-hydrogen) atoms. The van der Waals surface area contributed by atoms with E-state index in [2.05, 4.69) is 22.4 Å². The number of sulfone groups is 1. The molecular weight excluding hydrogens is 292 g/mol. The zero-order valence-electron chi connectivity index (χ0n) is 11.2. The molecule has 4 nitrogen and oxygen atoms in total. The van der Waals surface area contributed by atoms with Crippen LogP contribution in [0.3, 0.4) is 0 Å². The van der Waals surface area contributed by atoms with Crippen LogP contribution in [0.5, 0.6) is 0 Å². The van der Waals surface area contributed by atoms with Crippen LogP contribution in [-0.2, 0) is 9.84 Å². The predicted octanol–water partition coefficient (Wildman–Crippen LogP) is 2.00. The third-order valence-corrected chi connectivity index (χ3v) is 7.07. The zero-order valence-corrected chi connectivity index (χ0v) is 12.8. The second-order valence-corrected chi connectivity index (χ2v) is 8.61. The molecule has 0 aliphatic carbocycles. The first-order valence-corrected chi connectivity index (χ1v) is 9.55. The molecule has 3 rings (SSSR count). The Balaban J connectivity index is 1.61. The van der Waals surface area contributed by atoms with E-state index < -0.39 is 9.84 Å². The van der Waals surface area contributed by atoms with Crippen molar-refractivity contribution >= 4 is 26.8 Å². The van der Waals surface area contributed by atoms with Gasteiger partial charge in [-0.1, -0.05) is 42.1 Å². The topological polar surface area (TPSA) is 58.5 Å². The van der Waals surface area contributed by atoms with Crippen molar-refractivity contribution in [2.24, 2.45) is 4.99 Å². The number of benzene rings is 1. The second-order valence-electron chi connectivity index (χ2n) is 5.20. The van der Waals surface area contributed by atoms with Gasteiger partial charge in [0.2, 0.25) is 0 Å². The molecule has 1 N–H and O–H groups in total. The van der Waals surface area contributed by atoms with Gasteiger partial charge in [0.1, 0.15) is 0 Å². The monoisotopic (exact) mass is 310 g/mol. The van der Waals surface area contributed by atoms with Crippen molar-refractivity contribution in [2.75, 3.05) is 18.1 Å². The largest absolute Gasteiger partial charge is 0.357 e. The Morgan fingerprint density at radius 1 is 1.30 bits per heavy atom. The number of rotatable bonds is 3. The van der Waals surface area contributed by atoms with Gasteiger partial charge in [0.25, 0.3) is 0 Å². The van der Waals surface area contributed by atoms with Gasteiger partial charge in [-0.15, -0.1) is 0 Å². The smallest absolute Gasteiger partial charge is 0.157 e. The summed E-state index contributed by atoms with van der Waals surface area (Å²) in [5.74, 6) is 1.27. The first-order valence-electron chi connectivity index (χ1n) is 6.85. The minimum atomic E-state index is -2.89. The highest BCUT2D eigenvalue weighted by molar-refractivity contribution is 8.14. The molecule has 2 unspecified atom stereocenters. The number of aliphatic imine (C=N–C) groups is 1. The van der Waals surface area contributed by atoms with Crippen LogP contribution in [0, 0.1) is 0 Å². The van der Waals surface area contributed by atoms with Crippen LogP contribution in [0.15, 0.2) is 35.3 Å². The van der Waals surface area contributed by atoms with Gasteiger partial charge in [-0.25, -0.2) is 8.42 Å². The van der Waals surface area contributed by atoms with Gasteiger partial charge in [-0.05, 0) is 18.4 Å². The summed E-state index contributed by atoms with van der Waals surface area (Å²) in [5, 5.41) is 3.98. The van der Waals surface area contributed by atoms with Crippen molar-refractivity contribution in [2.45, 2.75) is 24.1 Å². The Kier molecular flexibility index (Phi) is 4.03. The lowest BCUT2D eigenvalue weighted by molar-refractivity contribution is 0.590. The summed E-state index contributed by atoms with van der Waals surface area (Å²) in [6, 6.07) is 10.5. The van der Waals surface area contributed by atoms with E-state index in [4.69, 9.17) is 0 Å². The zero-order chi connectivity index (χ0) is 14.0. The standard InChI is InChI=1S/C14H18N2O2S2/c17-20(18)8-4-7-12(20)9-15-14-16-13(10-19-14)11-5-2-1-3-6-11/h1-3,5-6,12-13H,4,7-10H2,(H,15,16). The fourth-order valence-corrected chi connectivity index (χ4v) is 5.32. The van der Waals surface area contributed by atoms with Crippen LogP contribution in [-0.4, -0.2) is 36.9 Å². The molecule has 0 spiro atoms. The van der Waals surface area contributed by atoms with Gasteiger partial charge in [0, 0.05) is 5.75 Å². The Morgan fingerprint density at radius 2 is 2.10 bits per heavy atom. The molecule has 1 aromatic carbocycles. The van der Waals surface area contributed by atoms with Crippen LogP contribution in [0.4, 0.5) is 0 Å². The van der Waals surface area contributed by atoms with Gasteiger partial charge in [0.05, 0.1) is 23.6 Å². The van der Waals surface area contributed by atoms with Gasteiger partial charge < -0.3 is 5.32 Å². The molecule has 1 aromatic rings. The molecule has 2 heterocycles. The lowest BCUT2D eigenvalue weighted by atomic mass is 10.1. The molecule has 0 bridgehead atoms. The summed E-state index contributed by atoms with van der Waals surface area (Å²) >= 11 is 1.67. The van der Waals surface area contributed by atoms with Crippen molar-refractivity contribution in [3.8, 4) is 0 Å². The summed E-state index contributed by atoms with van der Waals surface area (Å²) in [7, 11) is -2.89. The van der Waals surface area contributed by atoms with E-state index in [9.17, 15) is 8.42 Å². The molecule has 0 amide bonds. The van der Waals surface area contributed by atoms with E-state index in [1.807, 2.05) is 18.2 Å². The maximum Gasteiger partial charge on any atom is 0.157 e. The number of nitrogens with zero attached hydrogens (tertiary/aromatic N) is 1. The average Bonchev–Trinajstić information content (AvgIpc) is 3.04. The summed E-state index contributed by atoms with van der Waals surface area (Å²) in [6.07, 6.45) is 1.54. The van der Waals surface area contributed by atoms with Crippen molar-refractivity contribution in [3.05, 3.63) is 35.9 Å². The maximum atomic E-state index is 11.8. The van der Waals surface area contributed by atoms with E-state index in [0.717, 1.165) is 23.8 Å². The SMILES string of the molecule is O=S1(=O)CCCC1CN=C1NC(c2ccccc2)CS1. The van der Waals surface area contributed by atoms with Crippen molar-refractivity contribution in [1.29, 1.82) is 0 Å². The van der Waals surface area contributed by atoms with E-state index in [1.165, 1.54) is 5.56 Å². The Morgan fingerprint density at radius 3 is 2.80 bits per heavy atom. The van der Waals surface area contributed by atoms with E-state index in [1.54, 1.807) is 11.8 Å². The van der Waals surface area contributed by atoms with Gasteiger partial charge in [-0.2, -0.15) is 0 Å². The number of amidine groups is 1. The molecule has 6 heteroatoms. The van der Waals surface area contributed by atoms with Gasteiger partial charge in [0.15, 0.2) is 15.0 Å². The van der Waals surface area contributed by atoms with Crippen molar-refractivity contribution in [1.82, 2.24) is 5.32 Å². The Bertz CT molecular complexity index is 599. The molecule has 2 fully saturated rings. The molecule has 2 aliphatic heterocycles. The normalized spacial score (nSPS) is 30.5. The maximum absolute atomic E-state index is 11.8. The first kappa shape index (κ1) is 13.9. The summed E-state index contributed by atoms with van der Waals surface area (Å²) < 4.78 is 23.5. The van der Waals surface area contributed by atoms with Crippen LogP contribution in [0.1, 0.15) is 24.4 Å². The van der Waals surface area contributed by atoms with Crippen molar-refractivity contribution < 1.29 is 8.42 Å². The lowest BCUT2D eigenvalue weighted by Gasteiger charge is -2.10. The Hall–Kier alpha value is -1.01. The highest BCUT2D eigenvalue weighted by Crippen LogP contribution is 2.26. The van der Waals surface area contributed by atoms with E-state index in [-0.39, 0.29) is 11.3 Å². The predicted molar refractivity (Wildman–Crippen MR) is 83.9 cm³/mol. The molecule has 2 atom stereocenters. The number of hydrogen-bond acceptors (Lipinski definition) is 4. The van der Waals surface area contributed by atoms with Crippen LogP contribution in [0.25, 0.3) is 0 Å². The fourth-order valence-electron chi connectivity index (χ4n) is 2.60. The molecule has 2 saturated heterocycles. The lowest BCUT2D eigenvalue weighted by Crippen LogP contribution is -2.23. The third-order valence-electron chi connectivity index (χ3n) is 3.79. The number of nitrogens with one attached hydrogen (secondary N) is 1. The summed E-state index contributed by atoms with van der Waals surface area (Å²) in [5.41, 5.74) is 1.25. The molecule has 0 aromatic heterocycles. The molecular formula is C14H18N2O2S2. The van der Waals surface area contributed by atoms with Crippen LogP contribution in [0.2, 0.25) is 0 Å².